The highest BCUT2D eigenvalue weighted by Crippen LogP contribution is 2.36. The molecule has 1 aromatic rings. The van der Waals surface area contributed by atoms with Crippen molar-refractivity contribution in [1.29, 1.82) is 0 Å². The molecule has 0 aromatic heterocycles. The van der Waals surface area contributed by atoms with Crippen LogP contribution in [0.15, 0.2) is 12.1 Å². The first-order valence-corrected chi connectivity index (χ1v) is 8.85. The van der Waals surface area contributed by atoms with Crippen LogP contribution < -0.4 is 20.5 Å². The summed E-state index contributed by atoms with van der Waals surface area (Å²) in [6.45, 7) is 4.64. The van der Waals surface area contributed by atoms with Crippen molar-refractivity contribution in [2.75, 3.05) is 13.7 Å². The van der Waals surface area contributed by atoms with Crippen LogP contribution in [-0.2, 0) is 0 Å². The predicted octanol–water partition coefficient (Wildman–Crippen LogP) is 3.80. The van der Waals surface area contributed by atoms with Gasteiger partial charge < -0.3 is 20.5 Å². The smallest absolute Gasteiger partial charge is 0.251 e. The number of halogens is 2. The molecule has 2 rings (SSSR count). The molecule has 25 heavy (non-hydrogen) atoms. The van der Waals surface area contributed by atoms with Gasteiger partial charge in [-0.25, -0.2) is 0 Å². The number of ether oxygens (including phenoxy) is 2. The van der Waals surface area contributed by atoms with E-state index in [0.29, 0.717) is 34.6 Å². The molecule has 0 spiro atoms. The Balaban J connectivity index is 0.00000312. The standard InChI is InChI=1S/C18H27ClN2O3.ClH/c1-11(2)10-24-17-15(19)8-12(9-16(17)23-3)18(22)21-14-6-4-13(20)5-7-14;/h8-9,11,13-14H,4-7,10,20H2,1-3H3,(H,21,22);1H. The lowest BCUT2D eigenvalue weighted by molar-refractivity contribution is 0.0925. The van der Waals surface area contributed by atoms with Crippen molar-refractivity contribution in [3.05, 3.63) is 22.7 Å². The van der Waals surface area contributed by atoms with Crippen molar-refractivity contribution < 1.29 is 14.3 Å². The van der Waals surface area contributed by atoms with Crippen molar-refractivity contribution in [1.82, 2.24) is 5.32 Å². The normalized spacial score (nSPS) is 19.9. The van der Waals surface area contributed by atoms with Gasteiger partial charge in [0, 0.05) is 17.6 Å². The van der Waals surface area contributed by atoms with Crippen LogP contribution in [0.4, 0.5) is 0 Å². The molecule has 7 heteroatoms. The molecule has 0 bridgehead atoms. The zero-order valence-electron chi connectivity index (χ0n) is 15.0. The van der Waals surface area contributed by atoms with Gasteiger partial charge in [0.25, 0.3) is 5.91 Å². The Labute approximate surface area is 161 Å². The Morgan fingerprint density at radius 2 is 1.96 bits per heavy atom. The molecular formula is C18H28Cl2N2O3. The second kappa shape index (κ2) is 10.1. The van der Waals surface area contributed by atoms with Crippen molar-refractivity contribution in [2.45, 2.75) is 51.6 Å². The molecular weight excluding hydrogens is 363 g/mol. The van der Waals surface area contributed by atoms with E-state index in [-0.39, 0.29) is 30.4 Å². The molecule has 0 radical (unpaired) electrons. The first-order valence-electron chi connectivity index (χ1n) is 8.47. The van der Waals surface area contributed by atoms with E-state index in [9.17, 15) is 4.79 Å². The summed E-state index contributed by atoms with van der Waals surface area (Å²) in [6, 6.07) is 3.72. The minimum absolute atomic E-state index is 0. The molecule has 1 fully saturated rings. The monoisotopic (exact) mass is 390 g/mol. The number of carbonyl (C=O) groups excluding carboxylic acids is 1. The highest BCUT2D eigenvalue weighted by atomic mass is 35.5. The van der Waals surface area contributed by atoms with Crippen LogP contribution in [-0.4, -0.2) is 31.7 Å². The molecule has 0 saturated heterocycles. The first-order chi connectivity index (χ1) is 11.4. The minimum Gasteiger partial charge on any atom is -0.493 e. The summed E-state index contributed by atoms with van der Waals surface area (Å²) in [5, 5.41) is 3.43. The van der Waals surface area contributed by atoms with Gasteiger partial charge in [-0.2, -0.15) is 0 Å². The zero-order chi connectivity index (χ0) is 17.7. The van der Waals surface area contributed by atoms with Gasteiger partial charge >= 0.3 is 0 Å². The third-order valence-corrected chi connectivity index (χ3v) is 4.44. The van der Waals surface area contributed by atoms with Gasteiger partial charge in [-0.1, -0.05) is 25.4 Å². The number of nitrogens with one attached hydrogen (secondary N) is 1. The highest BCUT2D eigenvalue weighted by Gasteiger charge is 2.22. The fourth-order valence-electron chi connectivity index (χ4n) is 2.77. The van der Waals surface area contributed by atoms with Crippen LogP contribution in [0.3, 0.4) is 0 Å². The van der Waals surface area contributed by atoms with E-state index in [4.69, 9.17) is 26.8 Å². The largest absolute Gasteiger partial charge is 0.493 e. The fourth-order valence-corrected chi connectivity index (χ4v) is 3.04. The van der Waals surface area contributed by atoms with Crippen LogP contribution in [0.5, 0.6) is 11.5 Å². The van der Waals surface area contributed by atoms with E-state index in [0.717, 1.165) is 25.7 Å². The summed E-state index contributed by atoms with van der Waals surface area (Å²) < 4.78 is 11.1. The van der Waals surface area contributed by atoms with E-state index < -0.39 is 0 Å². The van der Waals surface area contributed by atoms with Crippen LogP contribution in [0.2, 0.25) is 5.02 Å². The van der Waals surface area contributed by atoms with E-state index >= 15 is 0 Å². The van der Waals surface area contributed by atoms with Crippen molar-refractivity contribution >= 4 is 29.9 Å². The fraction of sp³-hybridized carbons (Fsp3) is 0.611. The highest BCUT2D eigenvalue weighted by molar-refractivity contribution is 6.32. The Kier molecular flexibility index (Phi) is 8.83. The van der Waals surface area contributed by atoms with Gasteiger partial charge in [-0.05, 0) is 43.7 Å². The molecule has 0 aliphatic heterocycles. The number of methoxy groups -OCH3 is 1. The van der Waals surface area contributed by atoms with Gasteiger partial charge in [0.05, 0.1) is 18.7 Å². The van der Waals surface area contributed by atoms with Crippen LogP contribution in [0.25, 0.3) is 0 Å². The number of rotatable bonds is 6. The maximum Gasteiger partial charge on any atom is 0.251 e. The zero-order valence-corrected chi connectivity index (χ0v) is 16.6. The first kappa shape index (κ1) is 21.9. The summed E-state index contributed by atoms with van der Waals surface area (Å²) in [5.41, 5.74) is 6.38. The van der Waals surface area contributed by atoms with Gasteiger partial charge in [0.1, 0.15) is 0 Å². The summed E-state index contributed by atoms with van der Waals surface area (Å²) >= 11 is 6.30. The summed E-state index contributed by atoms with van der Waals surface area (Å²) in [4.78, 5) is 12.5. The number of nitrogens with two attached hydrogens (primary N) is 1. The number of hydrogen-bond acceptors (Lipinski definition) is 4. The topological polar surface area (TPSA) is 73.6 Å². The third-order valence-electron chi connectivity index (χ3n) is 4.16. The average Bonchev–Trinajstić information content (AvgIpc) is 2.54. The Bertz CT molecular complexity index is 574. The summed E-state index contributed by atoms with van der Waals surface area (Å²) in [5.74, 6) is 1.17. The molecule has 0 unspecified atom stereocenters. The molecule has 1 aliphatic carbocycles. The second-order valence-corrected chi connectivity index (χ2v) is 7.19. The van der Waals surface area contributed by atoms with Gasteiger partial charge in [-0.15, -0.1) is 12.4 Å². The lowest BCUT2D eigenvalue weighted by atomic mass is 9.91. The molecule has 0 atom stereocenters. The van der Waals surface area contributed by atoms with Crippen LogP contribution in [0, 0.1) is 5.92 Å². The van der Waals surface area contributed by atoms with Crippen molar-refractivity contribution in [3.63, 3.8) is 0 Å². The Morgan fingerprint density at radius 1 is 1.32 bits per heavy atom. The molecule has 1 amide bonds. The number of benzene rings is 1. The van der Waals surface area contributed by atoms with Gasteiger partial charge in [0.15, 0.2) is 11.5 Å². The van der Waals surface area contributed by atoms with Gasteiger partial charge in [-0.3, -0.25) is 4.79 Å². The molecule has 142 valence electrons. The van der Waals surface area contributed by atoms with Gasteiger partial charge in [0.2, 0.25) is 0 Å². The lowest BCUT2D eigenvalue weighted by Gasteiger charge is -2.27. The third kappa shape index (κ3) is 6.24. The molecule has 1 aromatic carbocycles. The van der Waals surface area contributed by atoms with E-state index in [1.54, 1.807) is 12.1 Å². The average molecular weight is 391 g/mol. The molecule has 0 heterocycles. The molecule has 1 aliphatic rings. The summed E-state index contributed by atoms with van der Waals surface area (Å²) in [6.07, 6.45) is 3.70. The quantitative estimate of drug-likeness (QED) is 0.774. The second-order valence-electron chi connectivity index (χ2n) is 6.78. The number of carbonyl (C=O) groups is 1. The molecule has 1 saturated carbocycles. The predicted molar refractivity (Wildman–Crippen MR) is 103 cm³/mol. The summed E-state index contributed by atoms with van der Waals surface area (Å²) in [7, 11) is 1.54. The number of hydrogen-bond donors (Lipinski definition) is 2. The van der Waals surface area contributed by atoms with E-state index in [2.05, 4.69) is 19.2 Å². The van der Waals surface area contributed by atoms with E-state index in [1.807, 2.05) is 0 Å². The minimum atomic E-state index is -0.147. The SMILES string of the molecule is COc1cc(C(=O)NC2CCC(N)CC2)cc(Cl)c1OCC(C)C.Cl. The Morgan fingerprint density at radius 3 is 2.52 bits per heavy atom. The van der Waals surface area contributed by atoms with Crippen LogP contribution in [0.1, 0.15) is 49.9 Å². The maximum absolute atomic E-state index is 12.5. The maximum atomic E-state index is 12.5. The number of amides is 1. The Hall–Kier alpha value is -1.17. The molecule has 3 N–H and O–H groups in total. The van der Waals surface area contributed by atoms with Crippen molar-refractivity contribution in [3.8, 4) is 11.5 Å². The van der Waals surface area contributed by atoms with Crippen molar-refractivity contribution in [2.24, 2.45) is 11.7 Å². The molecule has 5 nitrogen and oxygen atoms in total. The van der Waals surface area contributed by atoms with E-state index in [1.165, 1.54) is 7.11 Å². The van der Waals surface area contributed by atoms with Crippen LogP contribution >= 0.6 is 24.0 Å². The lowest BCUT2D eigenvalue weighted by Crippen LogP contribution is -2.40.